The molecule has 5 nitrogen and oxygen atoms in total. The summed E-state index contributed by atoms with van der Waals surface area (Å²) in [6.07, 6.45) is 6.16. The van der Waals surface area contributed by atoms with Crippen LogP contribution in [0.15, 0.2) is 0 Å². The molecule has 5 saturated heterocycles. The summed E-state index contributed by atoms with van der Waals surface area (Å²) in [5.74, 6) is 1.22. The van der Waals surface area contributed by atoms with Crippen molar-refractivity contribution in [2.24, 2.45) is 23.7 Å². The lowest BCUT2D eigenvalue weighted by atomic mass is 9.57. The third-order valence-corrected chi connectivity index (χ3v) is 6.86. The Bertz CT molecular complexity index is 470. The minimum absolute atomic E-state index is 0.130. The standard InChI is InChI=1S/C17H26O5/c1-10-5-6-13-11-4-3-9-18-14(11)19-15-17(13)12(10)7-8-16(2,20-15)21-22-17/h10-15H,3-9H2,1-2H3/t10-,11-,12+,13+,14+,15-,16-,17-/m1/s1. The van der Waals surface area contributed by atoms with Gasteiger partial charge in [-0.3, -0.25) is 0 Å². The summed E-state index contributed by atoms with van der Waals surface area (Å²) in [5.41, 5.74) is -0.435. The lowest BCUT2D eigenvalue weighted by Gasteiger charge is -2.61. The highest BCUT2D eigenvalue weighted by molar-refractivity contribution is 5.09. The van der Waals surface area contributed by atoms with E-state index in [0.29, 0.717) is 23.7 Å². The third kappa shape index (κ3) is 1.72. The monoisotopic (exact) mass is 310 g/mol. The summed E-state index contributed by atoms with van der Waals surface area (Å²) in [5, 5.41) is 0. The Kier molecular flexibility index (Phi) is 3.01. The molecule has 1 saturated carbocycles. The molecule has 6 fully saturated rings. The van der Waals surface area contributed by atoms with Crippen LogP contribution in [0, 0.1) is 23.7 Å². The maximum atomic E-state index is 6.30. The van der Waals surface area contributed by atoms with Crippen LogP contribution in [0.4, 0.5) is 0 Å². The van der Waals surface area contributed by atoms with E-state index in [9.17, 15) is 0 Å². The second-order valence-electron chi connectivity index (χ2n) is 8.09. The molecule has 0 aromatic rings. The van der Waals surface area contributed by atoms with E-state index in [4.69, 9.17) is 24.0 Å². The topological polar surface area (TPSA) is 46.2 Å². The molecular weight excluding hydrogens is 284 g/mol. The van der Waals surface area contributed by atoms with Gasteiger partial charge in [0.1, 0.15) is 0 Å². The molecule has 5 aliphatic heterocycles. The molecule has 0 aromatic heterocycles. The predicted molar refractivity (Wildman–Crippen MR) is 76.3 cm³/mol. The van der Waals surface area contributed by atoms with Gasteiger partial charge < -0.3 is 14.2 Å². The van der Waals surface area contributed by atoms with Gasteiger partial charge in [0.2, 0.25) is 5.79 Å². The Balaban J connectivity index is 1.60. The highest BCUT2D eigenvalue weighted by Crippen LogP contribution is 2.61. The largest absolute Gasteiger partial charge is 0.352 e. The van der Waals surface area contributed by atoms with Gasteiger partial charge in [-0.05, 0) is 50.9 Å². The number of hydrogen-bond donors (Lipinski definition) is 0. The molecule has 0 unspecified atom stereocenters. The lowest BCUT2D eigenvalue weighted by molar-refractivity contribution is -0.579. The van der Waals surface area contributed by atoms with Crippen LogP contribution in [0.25, 0.3) is 0 Å². The molecule has 0 amide bonds. The van der Waals surface area contributed by atoms with Gasteiger partial charge in [-0.25, -0.2) is 9.78 Å². The van der Waals surface area contributed by atoms with Gasteiger partial charge in [0, 0.05) is 24.9 Å². The van der Waals surface area contributed by atoms with Crippen molar-refractivity contribution in [3.05, 3.63) is 0 Å². The van der Waals surface area contributed by atoms with Crippen molar-refractivity contribution in [3.63, 3.8) is 0 Å². The summed E-state index contributed by atoms with van der Waals surface area (Å²) < 4.78 is 18.5. The van der Waals surface area contributed by atoms with Crippen LogP contribution in [0.3, 0.4) is 0 Å². The minimum atomic E-state index is -0.682. The maximum Gasteiger partial charge on any atom is 0.201 e. The second kappa shape index (κ2) is 4.67. The van der Waals surface area contributed by atoms with Crippen molar-refractivity contribution in [2.75, 3.05) is 6.61 Å². The number of ether oxygens (including phenoxy) is 3. The number of rotatable bonds is 0. The van der Waals surface area contributed by atoms with Crippen LogP contribution in [-0.2, 0) is 24.0 Å². The number of fused-ring (bicyclic) bond motifs is 4. The summed E-state index contributed by atoms with van der Waals surface area (Å²) in [6.45, 7) is 5.11. The van der Waals surface area contributed by atoms with E-state index in [1.165, 1.54) is 6.42 Å². The molecule has 0 radical (unpaired) electrons. The van der Waals surface area contributed by atoms with Gasteiger partial charge in [-0.15, -0.1) is 0 Å². The quantitative estimate of drug-likeness (QED) is 0.644. The number of hydrogen-bond acceptors (Lipinski definition) is 5. The first-order valence-electron chi connectivity index (χ1n) is 8.94. The zero-order chi connectivity index (χ0) is 14.9. The average molecular weight is 310 g/mol. The molecule has 5 heterocycles. The lowest BCUT2D eigenvalue weighted by Crippen LogP contribution is -2.71. The van der Waals surface area contributed by atoms with E-state index in [0.717, 1.165) is 38.7 Å². The Hall–Kier alpha value is -0.200. The third-order valence-electron chi connectivity index (χ3n) is 6.86. The van der Waals surface area contributed by atoms with Crippen molar-refractivity contribution in [3.8, 4) is 0 Å². The SMILES string of the molecule is C[C@@H]1CC[C@H]2[C@H]3CCCO[C@H]3O[C@@H]3O[C@@]4(C)CC[C@@H]1[C@]32OO4. The zero-order valence-corrected chi connectivity index (χ0v) is 13.5. The van der Waals surface area contributed by atoms with E-state index in [1.807, 2.05) is 6.92 Å². The summed E-state index contributed by atoms with van der Waals surface area (Å²) in [7, 11) is 0. The minimum Gasteiger partial charge on any atom is -0.352 e. The van der Waals surface area contributed by atoms with Gasteiger partial charge >= 0.3 is 0 Å². The molecule has 1 aliphatic carbocycles. The molecule has 2 bridgehead atoms. The van der Waals surface area contributed by atoms with Crippen molar-refractivity contribution in [2.45, 2.75) is 76.3 Å². The molecule has 0 aromatic carbocycles. The van der Waals surface area contributed by atoms with Crippen LogP contribution in [-0.4, -0.2) is 30.6 Å². The van der Waals surface area contributed by atoms with Gasteiger partial charge in [-0.2, -0.15) is 0 Å². The van der Waals surface area contributed by atoms with E-state index < -0.39 is 11.4 Å². The fourth-order valence-corrected chi connectivity index (χ4v) is 5.74. The summed E-state index contributed by atoms with van der Waals surface area (Å²) in [4.78, 5) is 11.9. The Labute approximate surface area is 131 Å². The van der Waals surface area contributed by atoms with E-state index in [-0.39, 0.29) is 12.6 Å². The van der Waals surface area contributed by atoms with Crippen molar-refractivity contribution in [1.82, 2.24) is 0 Å². The van der Waals surface area contributed by atoms with Crippen molar-refractivity contribution >= 4 is 0 Å². The molecule has 124 valence electrons. The fourth-order valence-electron chi connectivity index (χ4n) is 5.74. The molecular formula is C17H26O5. The Morgan fingerprint density at radius 2 is 1.91 bits per heavy atom. The normalized spacial score (nSPS) is 60.3. The molecule has 1 spiro atoms. The van der Waals surface area contributed by atoms with E-state index in [1.54, 1.807) is 0 Å². The average Bonchev–Trinajstić information content (AvgIpc) is 2.74. The Morgan fingerprint density at radius 3 is 2.82 bits per heavy atom. The first-order chi connectivity index (χ1) is 10.6. The summed E-state index contributed by atoms with van der Waals surface area (Å²) in [6, 6.07) is 0. The van der Waals surface area contributed by atoms with E-state index in [2.05, 4.69) is 6.92 Å². The highest BCUT2D eigenvalue weighted by atomic mass is 17.3. The first-order valence-corrected chi connectivity index (χ1v) is 8.94. The molecule has 0 N–H and O–H groups in total. The molecule has 5 heteroatoms. The zero-order valence-electron chi connectivity index (χ0n) is 13.5. The highest BCUT2D eigenvalue weighted by Gasteiger charge is 2.70. The van der Waals surface area contributed by atoms with Crippen LogP contribution in [0.1, 0.15) is 52.4 Å². The van der Waals surface area contributed by atoms with Gasteiger partial charge in [0.25, 0.3) is 0 Å². The maximum absolute atomic E-state index is 6.30. The van der Waals surface area contributed by atoms with Crippen LogP contribution in [0.5, 0.6) is 0 Å². The van der Waals surface area contributed by atoms with Gasteiger partial charge in [0.05, 0.1) is 0 Å². The predicted octanol–water partition coefficient (Wildman–Crippen LogP) is 2.98. The van der Waals surface area contributed by atoms with Crippen LogP contribution >= 0.6 is 0 Å². The molecule has 22 heavy (non-hydrogen) atoms. The summed E-state index contributed by atoms with van der Waals surface area (Å²) >= 11 is 0. The molecule has 6 aliphatic rings. The van der Waals surface area contributed by atoms with Gasteiger partial charge in [0.15, 0.2) is 18.2 Å². The molecule has 8 atom stereocenters. The first kappa shape index (κ1) is 14.2. The van der Waals surface area contributed by atoms with Crippen molar-refractivity contribution < 1.29 is 24.0 Å². The van der Waals surface area contributed by atoms with Gasteiger partial charge in [-0.1, -0.05) is 6.92 Å². The van der Waals surface area contributed by atoms with Crippen LogP contribution in [0.2, 0.25) is 0 Å². The smallest absolute Gasteiger partial charge is 0.201 e. The Morgan fingerprint density at radius 1 is 1.00 bits per heavy atom. The fraction of sp³-hybridized carbons (Fsp3) is 1.00. The van der Waals surface area contributed by atoms with Crippen LogP contribution < -0.4 is 0 Å². The second-order valence-corrected chi connectivity index (χ2v) is 8.09. The van der Waals surface area contributed by atoms with E-state index >= 15 is 0 Å². The van der Waals surface area contributed by atoms with Crippen molar-refractivity contribution in [1.29, 1.82) is 0 Å². The molecule has 6 rings (SSSR count).